The van der Waals surface area contributed by atoms with Crippen LogP contribution in [0, 0.1) is 0 Å². The van der Waals surface area contributed by atoms with Crippen molar-refractivity contribution in [2.45, 2.75) is 58.5 Å². The third kappa shape index (κ3) is 11.4. The van der Waals surface area contributed by atoms with E-state index in [1.54, 1.807) is 0 Å². The molecular weight excluding hydrogens is 172 g/mol. The van der Waals surface area contributed by atoms with Gasteiger partial charge in [0.15, 0.2) is 0 Å². The van der Waals surface area contributed by atoms with E-state index in [1.165, 1.54) is 25.7 Å². The third-order valence-electron chi connectivity index (χ3n) is 2.06. The summed E-state index contributed by atoms with van der Waals surface area (Å²) in [5, 5.41) is 8.98. The molecule has 0 radical (unpaired) electrons. The maximum atomic E-state index is 8.98. The van der Waals surface area contributed by atoms with Gasteiger partial charge >= 0.3 is 0 Å². The normalized spacial score (nSPS) is 14.2. The Bertz CT molecular complexity index is 157. The van der Waals surface area contributed by atoms with Crippen LogP contribution < -0.4 is 0 Å². The van der Waals surface area contributed by atoms with E-state index in [9.17, 15) is 0 Å². The molecule has 0 aliphatic heterocycles. The van der Waals surface area contributed by atoms with Gasteiger partial charge in [-0.1, -0.05) is 44.1 Å². The number of rotatable bonds is 8. The lowest BCUT2D eigenvalue weighted by Gasteiger charge is -1.95. The lowest BCUT2D eigenvalue weighted by atomic mass is 10.2. The highest BCUT2D eigenvalue weighted by molar-refractivity contribution is 4.93. The molecule has 0 amide bonds. The monoisotopic (exact) mass is 196 g/mol. The van der Waals surface area contributed by atoms with Crippen molar-refractivity contribution in [3.05, 3.63) is 24.3 Å². The summed E-state index contributed by atoms with van der Waals surface area (Å²) < 4.78 is 0. The molecule has 0 aromatic rings. The summed E-state index contributed by atoms with van der Waals surface area (Å²) in [6.07, 6.45) is 15.3. The van der Waals surface area contributed by atoms with Crippen molar-refractivity contribution in [1.82, 2.24) is 0 Å². The fourth-order valence-corrected chi connectivity index (χ4v) is 1.19. The predicted octanol–water partition coefficient (Wildman–Crippen LogP) is 3.84. The molecule has 1 atom stereocenters. The van der Waals surface area contributed by atoms with Gasteiger partial charge in [0.25, 0.3) is 0 Å². The molecule has 0 bridgehead atoms. The first kappa shape index (κ1) is 13.4. The van der Waals surface area contributed by atoms with Crippen molar-refractivity contribution in [3.63, 3.8) is 0 Å². The van der Waals surface area contributed by atoms with E-state index in [1.807, 2.05) is 13.0 Å². The first-order chi connectivity index (χ1) is 6.77. The zero-order valence-corrected chi connectivity index (χ0v) is 9.58. The van der Waals surface area contributed by atoms with Crippen molar-refractivity contribution in [2.75, 3.05) is 0 Å². The zero-order valence-electron chi connectivity index (χ0n) is 9.58. The molecule has 0 fully saturated rings. The Hall–Kier alpha value is -0.560. The maximum absolute atomic E-state index is 8.98. The second-order valence-electron chi connectivity index (χ2n) is 3.76. The molecule has 0 rings (SSSR count). The Morgan fingerprint density at radius 2 is 1.79 bits per heavy atom. The summed E-state index contributed by atoms with van der Waals surface area (Å²) in [5.74, 6) is 0. The molecule has 0 aliphatic carbocycles. The number of hydrogen-bond donors (Lipinski definition) is 1. The fourth-order valence-electron chi connectivity index (χ4n) is 1.19. The Balaban J connectivity index is 3.21. The molecule has 0 aliphatic rings. The minimum atomic E-state index is -0.209. The van der Waals surface area contributed by atoms with Gasteiger partial charge in [0.2, 0.25) is 0 Å². The summed E-state index contributed by atoms with van der Waals surface area (Å²) in [4.78, 5) is 0. The molecule has 0 spiro atoms. The first-order valence-electron chi connectivity index (χ1n) is 5.75. The standard InChI is InChI=1S/C13H24O/c1-3-4-5-6-7-8-9-10-11-12-13(2)14/h7-8,10-11,13-14H,3-6,9,12H2,1-2H3/b8-7+,11-10+. The second kappa shape index (κ2) is 10.5. The number of aliphatic hydroxyl groups is 1. The molecule has 1 nitrogen and oxygen atoms in total. The average Bonchev–Trinajstić information content (AvgIpc) is 2.15. The van der Waals surface area contributed by atoms with Gasteiger partial charge in [-0.05, 0) is 32.6 Å². The van der Waals surface area contributed by atoms with Gasteiger partial charge in [0.05, 0.1) is 6.10 Å². The first-order valence-corrected chi connectivity index (χ1v) is 5.75. The van der Waals surface area contributed by atoms with Gasteiger partial charge in [-0.2, -0.15) is 0 Å². The van der Waals surface area contributed by atoms with Gasteiger partial charge in [0.1, 0.15) is 0 Å². The number of hydrogen-bond acceptors (Lipinski definition) is 1. The van der Waals surface area contributed by atoms with Gasteiger partial charge in [-0.15, -0.1) is 0 Å². The van der Waals surface area contributed by atoms with Gasteiger partial charge < -0.3 is 5.11 Å². The Kier molecular flexibility index (Phi) is 10.1. The maximum Gasteiger partial charge on any atom is 0.0546 e. The number of aliphatic hydroxyl groups excluding tert-OH is 1. The molecule has 0 aromatic carbocycles. The minimum Gasteiger partial charge on any atom is -0.393 e. The summed E-state index contributed by atoms with van der Waals surface area (Å²) in [7, 11) is 0. The quantitative estimate of drug-likeness (QED) is 0.462. The molecule has 0 saturated carbocycles. The Labute approximate surface area is 88.5 Å². The topological polar surface area (TPSA) is 20.2 Å². The van der Waals surface area contributed by atoms with E-state index in [0.29, 0.717) is 0 Å². The molecule has 14 heavy (non-hydrogen) atoms. The smallest absolute Gasteiger partial charge is 0.0546 e. The zero-order chi connectivity index (χ0) is 10.6. The largest absolute Gasteiger partial charge is 0.393 e. The van der Waals surface area contributed by atoms with Crippen LogP contribution in [0.2, 0.25) is 0 Å². The molecule has 0 heterocycles. The molecular formula is C13H24O. The highest BCUT2D eigenvalue weighted by Gasteiger charge is 1.87. The number of allylic oxidation sites excluding steroid dienone is 3. The average molecular weight is 196 g/mol. The highest BCUT2D eigenvalue weighted by atomic mass is 16.3. The van der Waals surface area contributed by atoms with Crippen molar-refractivity contribution in [2.24, 2.45) is 0 Å². The van der Waals surface area contributed by atoms with Crippen LogP contribution in [-0.4, -0.2) is 11.2 Å². The summed E-state index contributed by atoms with van der Waals surface area (Å²) >= 11 is 0. The van der Waals surface area contributed by atoms with E-state index in [4.69, 9.17) is 5.11 Å². The molecule has 82 valence electrons. The van der Waals surface area contributed by atoms with Crippen LogP contribution in [-0.2, 0) is 0 Å². The van der Waals surface area contributed by atoms with Crippen molar-refractivity contribution in [1.29, 1.82) is 0 Å². The van der Waals surface area contributed by atoms with E-state index >= 15 is 0 Å². The summed E-state index contributed by atoms with van der Waals surface area (Å²) in [6.45, 7) is 4.04. The van der Waals surface area contributed by atoms with Gasteiger partial charge in [0, 0.05) is 0 Å². The molecule has 1 unspecified atom stereocenters. The van der Waals surface area contributed by atoms with Crippen LogP contribution in [0.5, 0.6) is 0 Å². The van der Waals surface area contributed by atoms with Crippen molar-refractivity contribution >= 4 is 0 Å². The molecule has 0 saturated heterocycles. The minimum absolute atomic E-state index is 0.209. The van der Waals surface area contributed by atoms with Gasteiger partial charge in [-0.25, -0.2) is 0 Å². The van der Waals surface area contributed by atoms with Gasteiger partial charge in [-0.3, -0.25) is 0 Å². The van der Waals surface area contributed by atoms with E-state index < -0.39 is 0 Å². The van der Waals surface area contributed by atoms with Crippen LogP contribution in [0.4, 0.5) is 0 Å². The fraction of sp³-hybridized carbons (Fsp3) is 0.692. The van der Waals surface area contributed by atoms with Crippen LogP contribution in [0.25, 0.3) is 0 Å². The Morgan fingerprint density at radius 3 is 2.43 bits per heavy atom. The highest BCUT2D eigenvalue weighted by Crippen LogP contribution is 2.00. The Morgan fingerprint density at radius 1 is 1.07 bits per heavy atom. The van der Waals surface area contributed by atoms with Crippen LogP contribution >= 0.6 is 0 Å². The van der Waals surface area contributed by atoms with Crippen molar-refractivity contribution in [3.8, 4) is 0 Å². The number of unbranched alkanes of at least 4 members (excludes halogenated alkanes) is 3. The molecule has 0 aromatic heterocycles. The lowest BCUT2D eigenvalue weighted by Crippen LogP contribution is -1.94. The summed E-state index contributed by atoms with van der Waals surface area (Å²) in [6, 6.07) is 0. The van der Waals surface area contributed by atoms with E-state index in [0.717, 1.165) is 12.8 Å². The van der Waals surface area contributed by atoms with Crippen molar-refractivity contribution < 1.29 is 5.11 Å². The van der Waals surface area contributed by atoms with Crippen LogP contribution in [0.1, 0.15) is 52.4 Å². The van der Waals surface area contributed by atoms with Crippen LogP contribution in [0.15, 0.2) is 24.3 Å². The molecule has 1 N–H and O–H groups in total. The predicted molar refractivity (Wildman–Crippen MR) is 63.3 cm³/mol. The van der Waals surface area contributed by atoms with E-state index in [-0.39, 0.29) is 6.10 Å². The lowest BCUT2D eigenvalue weighted by molar-refractivity contribution is 0.198. The van der Waals surface area contributed by atoms with E-state index in [2.05, 4.69) is 25.2 Å². The third-order valence-corrected chi connectivity index (χ3v) is 2.06. The van der Waals surface area contributed by atoms with Crippen LogP contribution in [0.3, 0.4) is 0 Å². The second-order valence-corrected chi connectivity index (χ2v) is 3.76. The summed E-state index contributed by atoms with van der Waals surface area (Å²) in [5.41, 5.74) is 0. The SMILES string of the molecule is CCCCC/C=C/C/C=C/CC(C)O. The molecule has 1 heteroatoms.